The summed E-state index contributed by atoms with van der Waals surface area (Å²) in [4.78, 5) is 11.9. The van der Waals surface area contributed by atoms with Gasteiger partial charge in [0.2, 0.25) is 5.88 Å². The molecule has 2 aromatic rings. The predicted octanol–water partition coefficient (Wildman–Crippen LogP) is 4.00. The molecule has 0 fully saturated rings. The van der Waals surface area contributed by atoms with Crippen LogP contribution in [-0.4, -0.2) is 29.2 Å². The number of ether oxygens (including phenoxy) is 2. The summed E-state index contributed by atoms with van der Waals surface area (Å²) >= 11 is 0. The zero-order chi connectivity index (χ0) is 16.6. The Bertz CT molecular complexity index is 760. The summed E-state index contributed by atoms with van der Waals surface area (Å²) in [6, 6.07) is 2.46. The number of nitrogens with zero attached hydrogens (tertiary/aromatic N) is 2. The molecule has 5 nitrogen and oxygen atoms in total. The molecule has 0 atom stereocenters. The Labute approximate surface area is 136 Å². The van der Waals surface area contributed by atoms with E-state index in [0.29, 0.717) is 11.9 Å². The molecule has 0 saturated heterocycles. The van der Waals surface area contributed by atoms with Crippen LogP contribution in [0.2, 0.25) is 0 Å². The Morgan fingerprint density at radius 3 is 2.57 bits per heavy atom. The van der Waals surface area contributed by atoms with Crippen molar-refractivity contribution in [1.82, 2.24) is 15.0 Å². The van der Waals surface area contributed by atoms with E-state index in [0.717, 1.165) is 23.4 Å². The monoisotopic (exact) mass is 313 g/mol. The third kappa shape index (κ3) is 2.96. The van der Waals surface area contributed by atoms with Gasteiger partial charge in [-0.15, -0.1) is 0 Å². The van der Waals surface area contributed by atoms with Crippen LogP contribution in [0.3, 0.4) is 0 Å². The van der Waals surface area contributed by atoms with Crippen molar-refractivity contribution in [2.24, 2.45) is 5.41 Å². The Hall–Kier alpha value is -2.30. The van der Waals surface area contributed by atoms with Crippen molar-refractivity contribution < 1.29 is 9.47 Å². The van der Waals surface area contributed by atoms with Crippen molar-refractivity contribution in [3.63, 3.8) is 0 Å². The van der Waals surface area contributed by atoms with E-state index >= 15 is 0 Å². The van der Waals surface area contributed by atoms with Crippen LogP contribution in [0, 0.1) is 12.3 Å². The van der Waals surface area contributed by atoms with Gasteiger partial charge in [0.15, 0.2) is 0 Å². The quantitative estimate of drug-likeness (QED) is 0.927. The van der Waals surface area contributed by atoms with E-state index in [1.165, 1.54) is 17.6 Å². The summed E-state index contributed by atoms with van der Waals surface area (Å²) in [5.41, 5.74) is 5.90. The lowest BCUT2D eigenvalue weighted by molar-refractivity contribution is 0.353. The molecule has 1 N–H and O–H groups in total. The normalized spacial score (nSPS) is 16.3. The number of hydrogen-bond acceptors (Lipinski definition) is 4. The van der Waals surface area contributed by atoms with Gasteiger partial charge < -0.3 is 14.5 Å². The molecule has 0 spiro atoms. The SMILES string of the molecule is COc1ncc(-c2cc(C3=CC(C)(C)CC3)c(C)[nH]2)c(OC)n1. The summed E-state index contributed by atoms with van der Waals surface area (Å²) in [7, 11) is 3.14. The van der Waals surface area contributed by atoms with Crippen LogP contribution in [0.25, 0.3) is 16.8 Å². The number of nitrogens with one attached hydrogen (secondary N) is 1. The standard InChI is InChI=1S/C18H23N3O2/c1-11-13(12-6-7-18(2,3)9-12)8-15(20-11)14-10-19-17(23-5)21-16(14)22-4/h8-10,20H,6-7H2,1-5H3. The highest BCUT2D eigenvalue weighted by atomic mass is 16.5. The minimum absolute atomic E-state index is 0.278. The Morgan fingerprint density at radius 1 is 1.17 bits per heavy atom. The second kappa shape index (κ2) is 5.72. The van der Waals surface area contributed by atoms with Crippen LogP contribution >= 0.6 is 0 Å². The van der Waals surface area contributed by atoms with Gasteiger partial charge >= 0.3 is 6.01 Å². The summed E-state index contributed by atoms with van der Waals surface area (Å²) < 4.78 is 10.4. The van der Waals surface area contributed by atoms with Crippen LogP contribution in [0.5, 0.6) is 11.9 Å². The Kier molecular flexibility index (Phi) is 3.88. The van der Waals surface area contributed by atoms with Crippen molar-refractivity contribution in [3.05, 3.63) is 29.6 Å². The number of hydrogen-bond donors (Lipinski definition) is 1. The van der Waals surface area contributed by atoms with Gasteiger partial charge in [-0.05, 0) is 42.4 Å². The molecule has 0 amide bonds. The van der Waals surface area contributed by atoms with Crippen LogP contribution in [-0.2, 0) is 0 Å². The molecule has 0 saturated carbocycles. The molecule has 3 rings (SSSR count). The molecule has 2 heterocycles. The van der Waals surface area contributed by atoms with Crippen molar-refractivity contribution in [1.29, 1.82) is 0 Å². The van der Waals surface area contributed by atoms with Gasteiger partial charge in [0.25, 0.3) is 0 Å². The van der Waals surface area contributed by atoms with Gasteiger partial charge in [-0.1, -0.05) is 19.9 Å². The zero-order valence-electron chi connectivity index (χ0n) is 14.4. The minimum Gasteiger partial charge on any atom is -0.480 e. The number of aromatic amines is 1. The van der Waals surface area contributed by atoms with Crippen molar-refractivity contribution >= 4 is 5.57 Å². The molecule has 23 heavy (non-hydrogen) atoms. The number of aromatic nitrogens is 3. The summed E-state index contributed by atoms with van der Waals surface area (Å²) in [6.07, 6.45) is 6.42. The fraction of sp³-hybridized carbons (Fsp3) is 0.444. The fourth-order valence-electron chi connectivity index (χ4n) is 3.11. The number of rotatable bonds is 4. The third-order valence-corrected chi connectivity index (χ3v) is 4.36. The van der Waals surface area contributed by atoms with E-state index < -0.39 is 0 Å². The molecule has 122 valence electrons. The van der Waals surface area contributed by atoms with E-state index in [-0.39, 0.29) is 5.41 Å². The van der Waals surface area contributed by atoms with Crippen LogP contribution in [0.4, 0.5) is 0 Å². The molecule has 0 aromatic carbocycles. The molecule has 1 aliphatic carbocycles. The number of aryl methyl sites for hydroxylation is 1. The van der Waals surface area contributed by atoms with E-state index in [4.69, 9.17) is 9.47 Å². The Morgan fingerprint density at radius 2 is 1.96 bits per heavy atom. The van der Waals surface area contributed by atoms with Crippen LogP contribution in [0.15, 0.2) is 18.3 Å². The molecular formula is C18H23N3O2. The van der Waals surface area contributed by atoms with Crippen molar-refractivity contribution in [3.8, 4) is 23.1 Å². The van der Waals surface area contributed by atoms with Crippen molar-refractivity contribution in [2.75, 3.05) is 14.2 Å². The first-order chi connectivity index (χ1) is 10.9. The maximum Gasteiger partial charge on any atom is 0.319 e. The summed E-state index contributed by atoms with van der Waals surface area (Å²) in [6.45, 7) is 6.66. The van der Waals surface area contributed by atoms with Crippen LogP contribution < -0.4 is 9.47 Å². The second-order valence-corrected chi connectivity index (χ2v) is 6.66. The first-order valence-corrected chi connectivity index (χ1v) is 7.80. The van der Waals surface area contributed by atoms with E-state index in [9.17, 15) is 0 Å². The molecule has 2 aromatic heterocycles. The van der Waals surface area contributed by atoms with Gasteiger partial charge in [-0.25, -0.2) is 4.98 Å². The molecular weight excluding hydrogens is 290 g/mol. The van der Waals surface area contributed by atoms with Gasteiger partial charge in [-0.2, -0.15) is 4.98 Å². The molecule has 5 heteroatoms. The predicted molar refractivity (Wildman–Crippen MR) is 90.7 cm³/mol. The van der Waals surface area contributed by atoms with Gasteiger partial charge in [0.1, 0.15) is 0 Å². The highest BCUT2D eigenvalue weighted by Gasteiger charge is 2.25. The fourth-order valence-corrected chi connectivity index (χ4v) is 3.11. The maximum absolute atomic E-state index is 5.38. The third-order valence-electron chi connectivity index (χ3n) is 4.36. The number of allylic oxidation sites excluding steroid dienone is 2. The van der Waals surface area contributed by atoms with Gasteiger partial charge in [0, 0.05) is 11.9 Å². The van der Waals surface area contributed by atoms with Crippen molar-refractivity contribution in [2.45, 2.75) is 33.6 Å². The van der Waals surface area contributed by atoms with Gasteiger partial charge in [0.05, 0.1) is 25.5 Å². The second-order valence-electron chi connectivity index (χ2n) is 6.66. The largest absolute Gasteiger partial charge is 0.480 e. The molecule has 0 radical (unpaired) electrons. The van der Waals surface area contributed by atoms with E-state index in [1.807, 2.05) is 0 Å². The van der Waals surface area contributed by atoms with E-state index in [2.05, 4.69) is 47.9 Å². The lowest BCUT2D eigenvalue weighted by atomic mass is 9.94. The van der Waals surface area contributed by atoms with Gasteiger partial charge in [-0.3, -0.25) is 0 Å². The number of H-pyrrole nitrogens is 1. The highest BCUT2D eigenvalue weighted by Crippen LogP contribution is 2.42. The first kappa shape index (κ1) is 15.6. The molecule has 1 aliphatic rings. The lowest BCUT2D eigenvalue weighted by Crippen LogP contribution is -2.00. The average molecular weight is 313 g/mol. The first-order valence-electron chi connectivity index (χ1n) is 7.80. The zero-order valence-corrected chi connectivity index (χ0v) is 14.4. The molecule has 0 aliphatic heterocycles. The highest BCUT2D eigenvalue weighted by molar-refractivity contribution is 5.76. The van der Waals surface area contributed by atoms with Crippen LogP contribution in [0.1, 0.15) is 37.9 Å². The molecule has 0 bridgehead atoms. The summed E-state index contributed by atoms with van der Waals surface area (Å²) in [5.74, 6) is 0.505. The minimum atomic E-state index is 0.278. The smallest absolute Gasteiger partial charge is 0.319 e. The van der Waals surface area contributed by atoms with E-state index in [1.54, 1.807) is 20.4 Å². The Balaban J connectivity index is 2.02. The summed E-state index contributed by atoms with van der Waals surface area (Å²) in [5, 5.41) is 0. The molecule has 0 unspecified atom stereocenters. The number of methoxy groups -OCH3 is 2. The topological polar surface area (TPSA) is 60.0 Å². The lowest BCUT2D eigenvalue weighted by Gasteiger charge is -2.11. The average Bonchev–Trinajstić information content (AvgIpc) is 3.08. The maximum atomic E-state index is 5.38.